The Morgan fingerprint density at radius 1 is 1.09 bits per heavy atom. The van der Waals surface area contributed by atoms with E-state index in [1.807, 2.05) is 0 Å². The summed E-state index contributed by atoms with van der Waals surface area (Å²) >= 11 is 0. The quantitative estimate of drug-likeness (QED) is 0.635. The Morgan fingerprint density at radius 2 is 1.68 bits per heavy atom. The lowest BCUT2D eigenvalue weighted by molar-refractivity contribution is -0.125. The van der Waals surface area contributed by atoms with Gasteiger partial charge in [-0.3, -0.25) is 4.79 Å². The van der Waals surface area contributed by atoms with Crippen LogP contribution in [-0.2, 0) is 10.2 Å². The van der Waals surface area contributed by atoms with Crippen molar-refractivity contribution in [1.29, 1.82) is 0 Å². The Kier molecular flexibility index (Phi) is 3.22. The summed E-state index contributed by atoms with van der Waals surface area (Å²) in [5.74, 6) is 0.806. The number of ketones is 1. The first-order chi connectivity index (χ1) is 10.1. The highest BCUT2D eigenvalue weighted by Crippen LogP contribution is 2.65. The molecule has 1 aromatic carbocycles. The van der Waals surface area contributed by atoms with Crippen molar-refractivity contribution < 1.29 is 4.79 Å². The Balaban J connectivity index is 1.96. The lowest BCUT2D eigenvalue weighted by Gasteiger charge is -2.31. The molecule has 0 radical (unpaired) electrons. The molecule has 0 spiro atoms. The van der Waals surface area contributed by atoms with Crippen LogP contribution in [0.3, 0.4) is 0 Å². The molecule has 118 valence electrons. The number of allylic oxidation sites excluding steroid dienone is 1. The van der Waals surface area contributed by atoms with E-state index < -0.39 is 0 Å². The minimum atomic E-state index is -0.158. The summed E-state index contributed by atoms with van der Waals surface area (Å²) in [4.78, 5) is 12.9. The monoisotopic (exact) mass is 296 g/mol. The molecule has 3 rings (SSSR count). The van der Waals surface area contributed by atoms with E-state index in [4.69, 9.17) is 0 Å². The fourth-order valence-electron chi connectivity index (χ4n) is 4.35. The van der Waals surface area contributed by atoms with Gasteiger partial charge >= 0.3 is 0 Å². The van der Waals surface area contributed by atoms with Gasteiger partial charge in [-0.25, -0.2) is 0 Å². The van der Waals surface area contributed by atoms with Crippen LogP contribution in [0.25, 0.3) is 6.08 Å². The van der Waals surface area contributed by atoms with E-state index in [0.717, 1.165) is 24.0 Å². The maximum Gasteiger partial charge on any atom is 0.165 e. The Bertz CT molecular complexity index is 639. The summed E-state index contributed by atoms with van der Waals surface area (Å²) in [6, 6.07) is 8.69. The average molecular weight is 296 g/mol. The largest absolute Gasteiger partial charge is 0.294 e. The Hall–Kier alpha value is -1.37. The molecule has 0 heterocycles. The van der Waals surface area contributed by atoms with Gasteiger partial charge in [-0.05, 0) is 52.4 Å². The van der Waals surface area contributed by atoms with Crippen molar-refractivity contribution in [2.75, 3.05) is 0 Å². The second kappa shape index (κ2) is 4.57. The fourth-order valence-corrected chi connectivity index (χ4v) is 4.35. The molecule has 1 aromatic rings. The van der Waals surface area contributed by atoms with Crippen molar-refractivity contribution in [2.24, 2.45) is 16.7 Å². The lowest BCUT2D eigenvalue weighted by Crippen LogP contribution is -2.32. The SMILES string of the molecule is CC(C)(C)c1ccc(/C=C2\C(=O)C3(C)CCC2C3(C)C)cc1. The summed E-state index contributed by atoms with van der Waals surface area (Å²) in [5.41, 5.74) is 3.66. The van der Waals surface area contributed by atoms with Crippen molar-refractivity contribution >= 4 is 11.9 Å². The predicted molar refractivity (Wildman–Crippen MR) is 92.7 cm³/mol. The zero-order valence-electron chi connectivity index (χ0n) is 14.8. The Labute approximate surface area is 134 Å². The van der Waals surface area contributed by atoms with Gasteiger partial charge < -0.3 is 0 Å². The van der Waals surface area contributed by atoms with Crippen molar-refractivity contribution in [1.82, 2.24) is 0 Å². The van der Waals surface area contributed by atoms with E-state index in [1.165, 1.54) is 5.56 Å². The molecular weight excluding hydrogens is 268 g/mol. The van der Waals surface area contributed by atoms with Gasteiger partial charge in [-0.15, -0.1) is 0 Å². The van der Waals surface area contributed by atoms with E-state index in [1.54, 1.807) is 0 Å². The van der Waals surface area contributed by atoms with E-state index in [-0.39, 0.29) is 16.2 Å². The fraction of sp³-hybridized carbons (Fsp3) is 0.571. The van der Waals surface area contributed by atoms with E-state index in [9.17, 15) is 4.79 Å². The minimum absolute atomic E-state index is 0.0985. The third kappa shape index (κ3) is 2.01. The van der Waals surface area contributed by atoms with Crippen LogP contribution >= 0.6 is 0 Å². The molecule has 1 heteroatoms. The summed E-state index contributed by atoms with van der Waals surface area (Å²) in [5, 5.41) is 0. The van der Waals surface area contributed by atoms with Gasteiger partial charge in [-0.1, -0.05) is 65.8 Å². The van der Waals surface area contributed by atoms with Gasteiger partial charge in [-0.2, -0.15) is 0 Å². The van der Waals surface area contributed by atoms with Crippen molar-refractivity contribution in [3.05, 3.63) is 41.0 Å². The topological polar surface area (TPSA) is 17.1 Å². The number of rotatable bonds is 1. The first-order valence-electron chi connectivity index (χ1n) is 8.44. The standard InChI is InChI=1S/C21H28O/c1-19(2,3)15-9-7-14(8-10-15)13-16-17-11-12-21(6,18(16)22)20(17,4)5/h7-10,13,17H,11-12H2,1-6H3/b16-13-. The molecule has 0 amide bonds. The van der Waals surface area contributed by atoms with Gasteiger partial charge in [0, 0.05) is 5.41 Å². The van der Waals surface area contributed by atoms with Gasteiger partial charge in [0.2, 0.25) is 0 Å². The maximum atomic E-state index is 12.9. The van der Waals surface area contributed by atoms with Crippen molar-refractivity contribution in [3.63, 3.8) is 0 Å². The van der Waals surface area contributed by atoms with Crippen LogP contribution in [0.2, 0.25) is 0 Å². The molecule has 1 nitrogen and oxygen atoms in total. The van der Waals surface area contributed by atoms with E-state index in [0.29, 0.717) is 11.7 Å². The highest BCUT2D eigenvalue weighted by molar-refractivity contribution is 6.07. The first kappa shape index (κ1) is 15.5. The Morgan fingerprint density at radius 3 is 2.14 bits per heavy atom. The summed E-state index contributed by atoms with van der Waals surface area (Å²) in [6.45, 7) is 13.4. The third-order valence-electron chi connectivity index (χ3n) is 6.46. The van der Waals surface area contributed by atoms with E-state index in [2.05, 4.69) is 71.9 Å². The van der Waals surface area contributed by atoms with Crippen LogP contribution in [0, 0.1) is 16.7 Å². The molecule has 2 aliphatic rings. The average Bonchev–Trinajstić information content (AvgIpc) is 2.73. The van der Waals surface area contributed by atoms with Crippen LogP contribution in [0.1, 0.15) is 65.5 Å². The van der Waals surface area contributed by atoms with Crippen molar-refractivity contribution in [2.45, 2.75) is 59.8 Å². The van der Waals surface area contributed by atoms with Crippen LogP contribution in [0.5, 0.6) is 0 Å². The number of carbonyl (C=O) groups excluding carboxylic acids is 1. The molecule has 0 N–H and O–H groups in total. The molecule has 2 saturated carbocycles. The van der Waals surface area contributed by atoms with Gasteiger partial charge in [0.25, 0.3) is 0 Å². The van der Waals surface area contributed by atoms with E-state index >= 15 is 0 Å². The van der Waals surface area contributed by atoms with Gasteiger partial charge in [0.05, 0.1) is 0 Å². The highest BCUT2D eigenvalue weighted by Gasteiger charge is 2.63. The molecule has 2 atom stereocenters. The molecule has 2 fully saturated rings. The number of Topliss-reactive ketones (excluding diaryl/α,β-unsaturated/α-hetero) is 1. The van der Waals surface area contributed by atoms with Crippen LogP contribution in [0.4, 0.5) is 0 Å². The predicted octanol–water partition coefficient (Wildman–Crippen LogP) is 5.39. The molecule has 22 heavy (non-hydrogen) atoms. The molecule has 0 saturated heterocycles. The molecular formula is C21H28O. The zero-order chi connectivity index (χ0) is 16.3. The molecule has 2 bridgehead atoms. The number of benzene rings is 1. The summed E-state index contributed by atoms with van der Waals surface area (Å²) < 4.78 is 0. The number of carbonyl (C=O) groups is 1. The smallest absolute Gasteiger partial charge is 0.165 e. The van der Waals surface area contributed by atoms with Crippen LogP contribution in [0.15, 0.2) is 29.8 Å². The maximum absolute atomic E-state index is 12.9. The molecule has 2 unspecified atom stereocenters. The number of hydrogen-bond acceptors (Lipinski definition) is 1. The lowest BCUT2D eigenvalue weighted by atomic mass is 9.70. The normalized spacial score (nSPS) is 32.0. The first-order valence-corrected chi connectivity index (χ1v) is 8.44. The second-order valence-electron chi connectivity index (χ2n) is 8.95. The molecule has 0 aromatic heterocycles. The van der Waals surface area contributed by atoms with Gasteiger partial charge in [0.15, 0.2) is 5.78 Å². The number of fused-ring (bicyclic) bond motifs is 2. The van der Waals surface area contributed by atoms with Crippen molar-refractivity contribution in [3.8, 4) is 0 Å². The zero-order valence-corrected chi connectivity index (χ0v) is 14.8. The summed E-state index contributed by atoms with van der Waals surface area (Å²) in [6.07, 6.45) is 4.34. The van der Waals surface area contributed by atoms with Crippen LogP contribution < -0.4 is 0 Å². The molecule has 0 aliphatic heterocycles. The second-order valence-corrected chi connectivity index (χ2v) is 8.95. The van der Waals surface area contributed by atoms with Gasteiger partial charge in [0.1, 0.15) is 0 Å². The highest BCUT2D eigenvalue weighted by atomic mass is 16.1. The minimum Gasteiger partial charge on any atom is -0.294 e. The summed E-state index contributed by atoms with van der Waals surface area (Å²) in [7, 11) is 0. The van der Waals surface area contributed by atoms with Crippen LogP contribution in [-0.4, -0.2) is 5.78 Å². The number of hydrogen-bond donors (Lipinski definition) is 0. The molecule has 2 aliphatic carbocycles. The third-order valence-corrected chi connectivity index (χ3v) is 6.46.